The van der Waals surface area contributed by atoms with Crippen molar-refractivity contribution in [3.63, 3.8) is 0 Å². The van der Waals surface area contributed by atoms with Gasteiger partial charge in [-0.2, -0.15) is 0 Å². The Balaban J connectivity index is 2.50. The van der Waals surface area contributed by atoms with E-state index in [1.165, 1.54) is 7.11 Å². The van der Waals surface area contributed by atoms with E-state index in [-0.39, 0.29) is 25.0 Å². The van der Waals surface area contributed by atoms with E-state index in [2.05, 4.69) is 10.1 Å². The molecule has 1 amide bonds. The summed E-state index contributed by atoms with van der Waals surface area (Å²) in [6, 6.07) is 9.71. The molecule has 1 N–H and O–H groups in total. The Morgan fingerprint density at radius 2 is 1.83 bits per heavy atom. The summed E-state index contributed by atoms with van der Waals surface area (Å²) in [5.74, 6) is -0.305. The number of hydrogen-bond acceptors (Lipinski definition) is 5. The highest BCUT2D eigenvalue weighted by Gasteiger charge is 2.18. The third-order valence-corrected chi connectivity index (χ3v) is 3.10. The average molecular weight is 337 g/mol. The molecule has 134 valence electrons. The Morgan fingerprint density at radius 3 is 2.42 bits per heavy atom. The monoisotopic (exact) mass is 337 g/mol. The first-order valence-electron chi connectivity index (χ1n) is 7.99. The lowest BCUT2D eigenvalue weighted by Crippen LogP contribution is -2.38. The molecule has 0 spiro atoms. The van der Waals surface area contributed by atoms with Crippen LogP contribution in [-0.2, 0) is 25.6 Å². The van der Waals surface area contributed by atoms with Crippen LogP contribution in [-0.4, -0.2) is 37.4 Å². The van der Waals surface area contributed by atoms with Crippen LogP contribution in [0, 0.1) is 0 Å². The van der Waals surface area contributed by atoms with E-state index < -0.39 is 11.7 Å². The van der Waals surface area contributed by atoms with Gasteiger partial charge >= 0.3 is 12.1 Å². The largest absolute Gasteiger partial charge is 0.469 e. The van der Waals surface area contributed by atoms with Gasteiger partial charge in [-0.05, 0) is 32.8 Å². The highest BCUT2D eigenvalue weighted by Crippen LogP contribution is 2.10. The molecule has 0 saturated carbocycles. The molecule has 1 rings (SSSR count). The van der Waals surface area contributed by atoms with Gasteiger partial charge in [-0.15, -0.1) is 0 Å². The van der Waals surface area contributed by atoms with Crippen molar-refractivity contribution in [3.05, 3.63) is 35.9 Å². The van der Waals surface area contributed by atoms with Crippen LogP contribution in [0.25, 0.3) is 0 Å². The number of hydrogen-bond donors (Lipinski definition) is 1. The summed E-state index contributed by atoms with van der Waals surface area (Å²) in [5, 5.41) is 2.68. The maximum Gasteiger partial charge on any atom is 0.407 e. The Bertz CT molecular complexity index is 510. The van der Waals surface area contributed by atoms with Crippen molar-refractivity contribution in [3.8, 4) is 0 Å². The summed E-state index contributed by atoms with van der Waals surface area (Å²) < 4.78 is 15.7. The fraction of sp³-hybridized carbons (Fsp3) is 0.556. The molecule has 0 fully saturated rings. The van der Waals surface area contributed by atoms with Gasteiger partial charge < -0.3 is 19.5 Å². The van der Waals surface area contributed by atoms with Crippen LogP contribution in [0.3, 0.4) is 0 Å². The van der Waals surface area contributed by atoms with E-state index >= 15 is 0 Å². The summed E-state index contributed by atoms with van der Waals surface area (Å²) in [6.45, 7) is 6.06. The highest BCUT2D eigenvalue weighted by atomic mass is 16.6. The molecule has 6 nitrogen and oxygen atoms in total. The maximum atomic E-state index is 11.8. The predicted octanol–water partition coefficient (Wildman–Crippen LogP) is 3.05. The molecule has 0 aliphatic rings. The number of nitrogens with one attached hydrogen (secondary N) is 1. The molecule has 1 aromatic rings. The lowest BCUT2D eigenvalue weighted by atomic mass is 10.2. The molecule has 24 heavy (non-hydrogen) atoms. The van der Waals surface area contributed by atoms with Gasteiger partial charge in [-0.25, -0.2) is 4.79 Å². The molecule has 0 unspecified atom stereocenters. The van der Waals surface area contributed by atoms with Gasteiger partial charge in [-0.1, -0.05) is 30.3 Å². The maximum absolute atomic E-state index is 11.8. The van der Waals surface area contributed by atoms with Gasteiger partial charge in [-0.3, -0.25) is 4.79 Å². The fourth-order valence-electron chi connectivity index (χ4n) is 1.92. The van der Waals surface area contributed by atoms with Crippen LogP contribution in [0.1, 0.15) is 39.2 Å². The second-order valence-corrected chi connectivity index (χ2v) is 6.42. The molecule has 0 aliphatic carbocycles. The van der Waals surface area contributed by atoms with Crippen molar-refractivity contribution in [1.29, 1.82) is 0 Å². The SMILES string of the molecule is COC(=O)CC[C@@H](CNC(=O)OC(C)(C)C)OCc1ccccc1. The number of methoxy groups -OCH3 is 1. The van der Waals surface area contributed by atoms with Crippen molar-refractivity contribution in [2.45, 2.75) is 51.9 Å². The molecule has 0 saturated heterocycles. The normalized spacial score (nSPS) is 12.3. The molecule has 0 radical (unpaired) electrons. The van der Waals surface area contributed by atoms with Crippen LogP contribution < -0.4 is 5.32 Å². The second kappa shape index (κ2) is 9.93. The lowest BCUT2D eigenvalue weighted by Gasteiger charge is -2.22. The van der Waals surface area contributed by atoms with Crippen molar-refractivity contribution >= 4 is 12.1 Å². The Morgan fingerprint density at radius 1 is 1.17 bits per heavy atom. The Hall–Kier alpha value is -2.08. The summed E-state index contributed by atoms with van der Waals surface area (Å²) in [7, 11) is 1.35. The number of amides is 1. The van der Waals surface area contributed by atoms with E-state index in [1.807, 2.05) is 30.3 Å². The summed E-state index contributed by atoms with van der Waals surface area (Å²) in [5.41, 5.74) is 0.467. The van der Waals surface area contributed by atoms with Crippen molar-refractivity contribution in [1.82, 2.24) is 5.32 Å². The topological polar surface area (TPSA) is 73.9 Å². The van der Waals surface area contributed by atoms with Crippen LogP contribution in [0.4, 0.5) is 4.79 Å². The lowest BCUT2D eigenvalue weighted by molar-refractivity contribution is -0.141. The smallest absolute Gasteiger partial charge is 0.407 e. The van der Waals surface area contributed by atoms with Crippen molar-refractivity contribution in [2.24, 2.45) is 0 Å². The van der Waals surface area contributed by atoms with Gasteiger partial charge in [0.1, 0.15) is 5.60 Å². The van der Waals surface area contributed by atoms with Gasteiger partial charge in [0.25, 0.3) is 0 Å². The van der Waals surface area contributed by atoms with Crippen LogP contribution >= 0.6 is 0 Å². The minimum atomic E-state index is -0.559. The van der Waals surface area contributed by atoms with Crippen LogP contribution in [0.2, 0.25) is 0 Å². The number of alkyl carbamates (subject to hydrolysis) is 1. The summed E-state index contributed by atoms with van der Waals surface area (Å²) in [4.78, 5) is 23.1. The molecule has 0 heterocycles. The molecular formula is C18H27NO5. The number of ether oxygens (including phenoxy) is 3. The molecule has 0 aromatic heterocycles. The highest BCUT2D eigenvalue weighted by molar-refractivity contribution is 5.69. The van der Waals surface area contributed by atoms with Gasteiger partial charge in [0.15, 0.2) is 0 Å². The third-order valence-electron chi connectivity index (χ3n) is 3.10. The van der Waals surface area contributed by atoms with Crippen molar-refractivity contribution < 1.29 is 23.8 Å². The second-order valence-electron chi connectivity index (χ2n) is 6.42. The molecule has 6 heteroatoms. The predicted molar refractivity (Wildman–Crippen MR) is 90.5 cm³/mol. The van der Waals surface area contributed by atoms with Gasteiger partial charge in [0.2, 0.25) is 0 Å². The van der Waals surface area contributed by atoms with Gasteiger partial charge in [0.05, 0.1) is 19.8 Å². The van der Waals surface area contributed by atoms with Crippen molar-refractivity contribution in [2.75, 3.05) is 13.7 Å². The molecule has 1 aromatic carbocycles. The van der Waals surface area contributed by atoms with E-state index in [1.54, 1.807) is 20.8 Å². The zero-order valence-corrected chi connectivity index (χ0v) is 14.8. The molecule has 0 bridgehead atoms. The minimum absolute atomic E-state index is 0.228. The number of rotatable bonds is 8. The summed E-state index contributed by atoms with van der Waals surface area (Å²) in [6.07, 6.45) is -0.132. The number of carbonyl (C=O) groups is 2. The minimum Gasteiger partial charge on any atom is -0.469 e. The van der Waals surface area contributed by atoms with E-state index in [0.717, 1.165) is 5.56 Å². The first-order chi connectivity index (χ1) is 11.3. The third kappa shape index (κ3) is 9.15. The Kier molecular flexibility index (Phi) is 8.26. The van der Waals surface area contributed by atoms with Crippen LogP contribution in [0.15, 0.2) is 30.3 Å². The number of esters is 1. The fourth-order valence-corrected chi connectivity index (χ4v) is 1.92. The molecule has 1 atom stereocenters. The quantitative estimate of drug-likeness (QED) is 0.738. The number of carbonyl (C=O) groups excluding carboxylic acids is 2. The molecule has 0 aliphatic heterocycles. The molecular weight excluding hydrogens is 310 g/mol. The standard InChI is InChI=1S/C18H27NO5/c1-18(2,3)24-17(21)19-12-15(10-11-16(20)22-4)23-13-14-8-6-5-7-9-14/h5-9,15H,10-13H2,1-4H3,(H,19,21)/t15-/m0/s1. The van der Waals surface area contributed by atoms with E-state index in [4.69, 9.17) is 9.47 Å². The number of benzene rings is 1. The first-order valence-corrected chi connectivity index (χ1v) is 7.99. The average Bonchev–Trinajstić information content (AvgIpc) is 2.53. The van der Waals surface area contributed by atoms with Gasteiger partial charge in [0, 0.05) is 13.0 Å². The zero-order valence-electron chi connectivity index (χ0n) is 14.8. The first kappa shape index (κ1) is 20.0. The Labute approximate surface area is 143 Å². The zero-order chi connectivity index (χ0) is 18.0. The van der Waals surface area contributed by atoms with Crippen LogP contribution in [0.5, 0.6) is 0 Å². The van der Waals surface area contributed by atoms with E-state index in [0.29, 0.717) is 13.0 Å². The van der Waals surface area contributed by atoms with E-state index in [9.17, 15) is 9.59 Å². The summed E-state index contributed by atoms with van der Waals surface area (Å²) >= 11 is 0.